The fourth-order valence-electron chi connectivity index (χ4n) is 2.83. The Morgan fingerprint density at radius 1 is 1.27 bits per heavy atom. The van der Waals surface area contributed by atoms with E-state index in [4.69, 9.17) is 32.5 Å². The fourth-order valence-corrected chi connectivity index (χ4v) is 3.24. The minimum atomic E-state index is -0.633. The van der Waals surface area contributed by atoms with Crippen LogP contribution >= 0.6 is 23.2 Å². The third-order valence-electron chi connectivity index (χ3n) is 4.25. The second kappa shape index (κ2) is 7.29. The maximum atomic E-state index is 13.2. The zero-order valence-electron chi connectivity index (χ0n) is 14.6. The molecule has 138 valence electrons. The molecule has 1 fully saturated rings. The van der Waals surface area contributed by atoms with E-state index in [9.17, 15) is 9.59 Å². The lowest BCUT2D eigenvalue weighted by molar-refractivity contribution is 0.103. The Bertz CT molecular complexity index is 859. The van der Waals surface area contributed by atoms with Crippen LogP contribution in [0.3, 0.4) is 0 Å². The molecule has 0 N–H and O–H groups in total. The van der Waals surface area contributed by atoms with E-state index in [0.717, 1.165) is 12.8 Å². The summed E-state index contributed by atoms with van der Waals surface area (Å²) in [6.45, 7) is 3.58. The van der Waals surface area contributed by atoms with Gasteiger partial charge in [-0.25, -0.2) is 4.79 Å². The molecule has 3 rings (SSSR count). The molecule has 0 radical (unpaired) electrons. The molecule has 1 aromatic carbocycles. The monoisotopic (exact) mass is 396 g/mol. The van der Waals surface area contributed by atoms with E-state index in [1.54, 1.807) is 19.9 Å². The lowest BCUT2D eigenvalue weighted by Gasteiger charge is -2.28. The third-order valence-corrected chi connectivity index (χ3v) is 5.04. The highest BCUT2D eigenvalue weighted by Crippen LogP contribution is 2.43. The van der Waals surface area contributed by atoms with Crippen molar-refractivity contribution in [1.29, 1.82) is 0 Å². The summed E-state index contributed by atoms with van der Waals surface area (Å²) in [5.74, 6) is -0.0861. The van der Waals surface area contributed by atoms with Crippen LogP contribution in [0.15, 0.2) is 22.9 Å². The molecule has 0 saturated heterocycles. The second-order valence-electron chi connectivity index (χ2n) is 6.41. The standard InChI is InChI=1S/C18H18Cl2N2O4/c1-9(2)22(18(24)25-3)16-11(6-7-13(19)14(16)20)17(23)12-8-26-21-15(12)10-4-5-10/h6-10H,4-5H2,1-3H3. The van der Waals surface area contributed by atoms with Crippen molar-refractivity contribution in [1.82, 2.24) is 5.16 Å². The Labute approximate surface area is 161 Å². The number of methoxy groups -OCH3 is 1. The Balaban J connectivity index is 2.15. The number of halogens is 2. The van der Waals surface area contributed by atoms with Gasteiger partial charge in [-0.15, -0.1) is 0 Å². The summed E-state index contributed by atoms with van der Waals surface area (Å²) in [6, 6.07) is 2.77. The van der Waals surface area contributed by atoms with Crippen molar-refractivity contribution in [2.75, 3.05) is 12.0 Å². The van der Waals surface area contributed by atoms with E-state index in [1.165, 1.54) is 24.3 Å². The van der Waals surface area contributed by atoms with E-state index in [2.05, 4.69) is 5.16 Å². The van der Waals surface area contributed by atoms with Crippen molar-refractivity contribution >= 4 is 40.8 Å². The molecule has 8 heteroatoms. The number of nitrogens with zero attached hydrogens (tertiary/aromatic N) is 2. The van der Waals surface area contributed by atoms with Gasteiger partial charge in [0.1, 0.15) is 6.26 Å². The predicted octanol–water partition coefficient (Wildman–Crippen LogP) is 5.07. The Morgan fingerprint density at radius 3 is 2.54 bits per heavy atom. The van der Waals surface area contributed by atoms with Crippen LogP contribution in [0.2, 0.25) is 10.0 Å². The molecule has 1 heterocycles. The van der Waals surface area contributed by atoms with E-state index in [-0.39, 0.29) is 39.0 Å². The number of aromatic nitrogens is 1. The van der Waals surface area contributed by atoms with E-state index in [1.807, 2.05) is 0 Å². The molecule has 1 amide bonds. The van der Waals surface area contributed by atoms with Gasteiger partial charge in [0.25, 0.3) is 0 Å². The van der Waals surface area contributed by atoms with Crippen LogP contribution in [0, 0.1) is 0 Å². The van der Waals surface area contributed by atoms with Gasteiger partial charge in [0.05, 0.1) is 34.1 Å². The van der Waals surface area contributed by atoms with Crippen LogP contribution in [0.5, 0.6) is 0 Å². The summed E-state index contributed by atoms with van der Waals surface area (Å²) >= 11 is 12.5. The van der Waals surface area contributed by atoms with Gasteiger partial charge in [-0.3, -0.25) is 9.69 Å². The zero-order chi connectivity index (χ0) is 19.0. The zero-order valence-corrected chi connectivity index (χ0v) is 16.1. The molecule has 0 unspecified atom stereocenters. The Morgan fingerprint density at radius 2 is 1.96 bits per heavy atom. The number of carbonyl (C=O) groups excluding carboxylic acids is 2. The molecule has 1 aliphatic carbocycles. The summed E-state index contributed by atoms with van der Waals surface area (Å²) in [4.78, 5) is 26.8. The van der Waals surface area contributed by atoms with Crippen molar-refractivity contribution in [3.8, 4) is 0 Å². The molecule has 0 atom stereocenters. The van der Waals surface area contributed by atoms with Crippen LogP contribution in [0.4, 0.5) is 10.5 Å². The fraction of sp³-hybridized carbons (Fsp3) is 0.389. The highest BCUT2D eigenvalue weighted by Gasteiger charge is 2.34. The smallest absolute Gasteiger partial charge is 0.414 e. The number of ether oxygens (including phenoxy) is 1. The topological polar surface area (TPSA) is 72.6 Å². The average molecular weight is 397 g/mol. The van der Waals surface area contributed by atoms with Crippen molar-refractivity contribution in [2.24, 2.45) is 0 Å². The first kappa shape index (κ1) is 18.7. The van der Waals surface area contributed by atoms with Crippen molar-refractivity contribution < 1.29 is 18.8 Å². The number of hydrogen-bond acceptors (Lipinski definition) is 5. The van der Waals surface area contributed by atoms with Crippen LogP contribution in [0.25, 0.3) is 0 Å². The summed E-state index contributed by atoms with van der Waals surface area (Å²) < 4.78 is 9.89. The van der Waals surface area contributed by atoms with Gasteiger partial charge in [-0.2, -0.15) is 0 Å². The van der Waals surface area contributed by atoms with Gasteiger partial charge in [0.2, 0.25) is 0 Å². The van der Waals surface area contributed by atoms with E-state index >= 15 is 0 Å². The normalized spacial score (nSPS) is 13.8. The van der Waals surface area contributed by atoms with E-state index in [0.29, 0.717) is 11.3 Å². The summed E-state index contributed by atoms with van der Waals surface area (Å²) in [7, 11) is 1.27. The van der Waals surface area contributed by atoms with Gasteiger partial charge in [0.15, 0.2) is 5.78 Å². The molecule has 2 aromatic rings. The summed E-state index contributed by atoms with van der Waals surface area (Å²) in [5.41, 5.74) is 1.47. The number of hydrogen-bond donors (Lipinski definition) is 0. The molecule has 0 bridgehead atoms. The SMILES string of the molecule is COC(=O)N(c1c(C(=O)c2conc2C2CC2)ccc(Cl)c1Cl)C(C)C. The summed E-state index contributed by atoms with van der Waals surface area (Å²) in [5, 5.41) is 4.31. The number of anilines is 1. The minimum absolute atomic E-state index is 0.112. The number of carbonyl (C=O) groups is 2. The first-order valence-corrected chi connectivity index (χ1v) is 8.96. The molecule has 1 aliphatic rings. The molecular formula is C18H18Cl2N2O4. The average Bonchev–Trinajstić information content (AvgIpc) is 3.34. The van der Waals surface area contributed by atoms with Crippen LogP contribution in [-0.2, 0) is 4.74 Å². The van der Waals surface area contributed by atoms with Crippen molar-refractivity contribution in [3.05, 3.63) is 45.3 Å². The van der Waals surface area contributed by atoms with Crippen LogP contribution in [0.1, 0.15) is 54.2 Å². The molecule has 6 nitrogen and oxygen atoms in total. The van der Waals surface area contributed by atoms with E-state index < -0.39 is 6.09 Å². The van der Waals surface area contributed by atoms with Gasteiger partial charge in [-0.1, -0.05) is 28.4 Å². The van der Waals surface area contributed by atoms with Gasteiger partial charge in [0, 0.05) is 17.5 Å². The maximum Gasteiger partial charge on any atom is 0.414 e. The third kappa shape index (κ3) is 3.31. The highest BCUT2D eigenvalue weighted by molar-refractivity contribution is 6.44. The first-order valence-electron chi connectivity index (χ1n) is 8.21. The predicted molar refractivity (Wildman–Crippen MR) is 98.4 cm³/mol. The highest BCUT2D eigenvalue weighted by atomic mass is 35.5. The molecule has 0 spiro atoms. The first-order chi connectivity index (χ1) is 12.4. The molecule has 26 heavy (non-hydrogen) atoms. The molecule has 1 saturated carbocycles. The van der Waals surface area contributed by atoms with Crippen LogP contribution < -0.4 is 4.90 Å². The number of amides is 1. The largest absolute Gasteiger partial charge is 0.452 e. The molecular weight excluding hydrogens is 379 g/mol. The van der Waals surface area contributed by atoms with Crippen LogP contribution in [-0.4, -0.2) is 30.2 Å². The van der Waals surface area contributed by atoms with Gasteiger partial charge in [-0.05, 0) is 38.8 Å². The Kier molecular flexibility index (Phi) is 5.25. The Hall–Kier alpha value is -2.05. The maximum absolute atomic E-state index is 13.2. The second-order valence-corrected chi connectivity index (χ2v) is 7.19. The van der Waals surface area contributed by atoms with Crippen molar-refractivity contribution in [3.63, 3.8) is 0 Å². The quantitative estimate of drug-likeness (QED) is 0.659. The lowest BCUT2D eigenvalue weighted by atomic mass is 9.99. The lowest BCUT2D eigenvalue weighted by Crippen LogP contribution is -2.38. The minimum Gasteiger partial charge on any atom is -0.452 e. The molecule has 0 aliphatic heterocycles. The molecule has 1 aromatic heterocycles. The number of benzene rings is 1. The van der Waals surface area contributed by atoms with Crippen molar-refractivity contribution in [2.45, 2.75) is 38.6 Å². The summed E-state index contributed by atoms with van der Waals surface area (Å²) in [6.07, 6.45) is 2.65. The number of ketones is 1. The number of rotatable bonds is 5. The van der Waals surface area contributed by atoms with Gasteiger partial charge < -0.3 is 9.26 Å². The van der Waals surface area contributed by atoms with Gasteiger partial charge >= 0.3 is 6.09 Å².